The molecule has 70 heavy (non-hydrogen) atoms. The summed E-state index contributed by atoms with van der Waals surface area (Å²) < 4.78 is 29.9. The Morgan fingerprint density at radius 1 is 0.729 bits per heavy atom. The maximum atomic E-state index is 14.0. The summed E-state index contributed by atoms with van der Waals surface area (Å²) in [6.07, 6.45) is 6.42. The van der Waals surface area contributed by atoms with Gasteiger partial charge in [0.15, 0.2) is 11.6 Å². The SMILES string of the molecule is CCn1nc(C)cc1C(=O)Cc1nc2cc(C(N)=O)cc(OCCCNC(=O)CCC(=O)OC)c2n1C/C=C/Cn1c2nc(-c3cc(C)nn3CC)ncc2c2cc(C(N)=O)cc(OCCCOC)c21. The van der Waals surface area contributed by atoms with Crippen LogP contribution in [0.3, 0.4) is 0 Å². The molecule has 3 amide bonds. The summed E-state index contributed by atoms with van der Waals surface area (Å²) in [5.41, 5.74) is 16.9. The van der Waals surface area contributed by atoms with Crippen molar-refractivity contribution in [2.24, 2.45) is 11.5 Å². The number of Topliss-reactive ketones (excluding diaryl/α,β-unsaturated/α-hetero) is 1. The number of methoxy groups -OCH3 is 2. The molecule has 0 fully saturated rings. The first-order valence-electron chi connectivity index (χ1n) is 23.1. The topological polar surface area (TPSA) is 271 Å². The molecule has 2 aromatic carbocycles. The molecule has 0 bridgehead atoms. The van der Waals surface area contributed by atoms with Crippen molar-refractivity contribution in [3.63, 3.8) is 0 Å². The van der Waals surface area contributed by atoms with E-state index in [0.717, 1.165) is 11.4 Å². The van der Waals surface area contributed by atoms with Gasteiger partial charge in [0.2, 0.25) is 17.7 Å². The fourth-order valence-electron chi connectivity index (χ4n) is 8.23. The van der Waals surface area contributed by atoms with E-state index in [1.165, 1.54) is 7.11 Å². The number of hydrogen-bond donors (Lipinski definition) is 3. The van der Waals surface area contributed by atoms with Gasteiger partial charge in [-0.15, -0.1) is 0 Å². The molecule has 0 saturated carbocycles. The van der Waals surface area contributed by atoms with E-state index >= 15 is 0 Å². The van der Waals surface area contributed by atoms with Gasteiger partial charge in [-0.2, -0.15) is 10.2 Å². The molecule has 7 aromatic rings. The third-order valence-electron chi connectivity index (χ3n) is 11.5. The summed E-state index contributed by atoms with van der Waals surface area (Å²) >= 11 is 0. The van der Waals surface area contributed by atoms with Crippen LogP contribution >= 0.6 is 0 Å². The van der Waals surface area contributed by atoms with Gasteiger partial charge in [0.1, 0.15) is 39.9 Å². The zero-order valence-corrected chi connectivity index (χ0v) is 40.2. The molecule has 0 saturated heterocycles. The smallest absolute Gasteiger partial charge is 0.306 e. The van der Waals surface area contributed by atoms with E-state index in [0.29, 0.717) is 107 Å². The Labute approximate surface area is 403 Å². The lowest BCUT2D eigenvalue weighted by Gasteiger charge is -2.13. The normalized spacial score (nSPS) is 11.6. The number of esters is 1. The molecule has 5 heterocycles. The molecule has 368 valence electrons. The number of aromatic nitrogens is 9. The first-order valence-corrected chi connectivity index (χ1v) is 23.1. The number of rotatable bonds is 25. The molecule has 0 aliphatic heterocycles. The monoisotopic (exact) mass is 958 g/mol. The third kappa shape index (κ3) is 11.2. The first kappa shape index (κ1) is 50.0. The molecule has 0 spiro atoms. The third-order valence-corrected chi connectivity index (χ3v) is 11.5. The fourth-order valence-corrected chi connectivity index (χ4v) is 8.23. The number of primary amides is 2. The van der Waals surface area contributed by atoms with Gasteiger partial charge in [0.05, 0.1) is 55.6 Å². The van der Waals surface area contributed by atoms with Crippen LogP contribution in [-0.2, 0) is 51.7 Å². The highest BCUT2D eigenvalue weighted by atomic mass is 16.5. The molecule has 0 aliphatic rings. The van der Waals surface area contributed by atoms with Gasteiger partial charge in [0, 0.05) is 87.4 Å². The summed E-state index contributed by atoms with van der Waals surface area (Å²) in [6, 6.07) is 10.1. The Kier molecular flexibility index (Phi) is 16.0. The Morgan fingerprint density at radius 2 is 1.39 bits per heavy atom. The van der Waals surface area contributed by atoms with Crippen LogP contribution in [0.15, 0.2) is 54.7 Å². The second-order valence-corrected chi connectivity index (χ2v) is 16.5. The number of fused-ring (bicyclic) bond motifs is 4. The number of benzene rings is 2. The lowest BCUT2D eigenvalue weighted by molar-refractivity contribution is -0.142. The van der Waals surface area contributed by atoms with Crippen molar-refractivity contribution in [2.75, 3.05) is 40.6 Å². The van der Waals surface area contributed by atoms with E-state index in [4.69, 9.17) is 40.6 Å². The molecular formula is C49H58N12O9. The van der Waals surface area contributed by atoms with Gasteiger partial charge >= 0.3 is 5.97 Å². The summed E-state index contributed by atoms with van der Waals surface area (Å²) in [7, 11) is 2.88. The van der Waals surface area contributed by atoms with Crippen molar-refractivity contribution in [3.05, 3.63) is 88.8 Å². The minimum absolute atomic E-state index is 0.0155. The van der Waals surface area contributed by atoms with Crippen molar-refractivity contribution in [2.45, 2.75) is 86.0 Å². The van der Waals surface area contributed by atoms with Crippen LogP contribution in [0.2, 0.25) is 0 Å². The van der Waals surface area contributed by atoms with Crippen LogP contribution < -0.4 is 26.3 Å². The summed E-state index contributed by atoms with van der Waals surface area (Å²) in [6.45, 7) is 10.3. The van der Waals surface area contributed by atoms with E-state index < -0.39 is 17.8 Å². The number of ketones is 1. The molecule has 0 unspecified atom stereocenters. The molecular weight excluding hydrogens is 901 g/mol. The molecule has 21 nitrogen and oxygen atoms in total. The quantitative estimate of drug-likeness (QED) is 0.0301. The van der Waals surface area contributed by atoms with Crippen molar-refractivity contribution < 1.29 is 42.9 Å². The second-order valence-electron chi connectivity index (χ2n) is 16.5. The number of hydrogen-bond acceptors (Lipinski definition) is 14. The molecule has 0 aliphatic carbocycles. The summed E-state index contributed by atoms with van der Waals surface area (Å²) in [4.78, 5) is 78.0. The number of nitrogens with two attached hydrogens (primary N) is 2. The predicted octanol–water partition coefficient (Wildman–Crippen LogP) is 4.78. The summed E-state index contributed by atoms with van der Waals surface area (Å²) in [5, 5.41) is 13.2. The number of imidazole rings is 1. The van der Waals surface area contributed by atoms with E-state index in [1.807, 2.05) is 59.7 Å². The molecule has 21 heteroatoms. The van der Waals surface area contributed by atoms with E-state index in [9.17, 15) is 24.0 Å². The number of nitrogens with one attached hydrogen (secondary N) is 1. The van der Waals surface area contributed by atoms with Crippen LogP contribution in [0.4, 0.5) is 0 Å². The van der Waals surface area contributed by atoms with Crippen molar-refractivity contribution in [1.29, 1.82) is 0 Å². The van der Waals surface area contributed by atoms with Crippen molar-refractivity contribution in [1.82, 2.24) is 49.0 Å². The molecule has 5 aromatic heterocycles. The number of carbonyl (C=O) groups excluding carboxylic acids is 5. The average Bonchev–Trinajstić information content (AvgIpc) is 4.11. The molecule has 7 rings (SSSR count). The highest BCUT2D eigenvalue weighted by molar-refractivity contribution is 6.12. The molecule has 5 N–H and O–H groups in total. The number of allylic oxidation sites excluding steroid dienone is 2. The lowest BCUT2D eigenvalue weighted by Crippen LogP contribution is -2.26. The average molecular weight is 959 g/mol. The van der Waals surface area contributed by atoms with Crippen LogP contribution in [-0.4, -0.2) is 114 Å². The van der Waals surface area contributed by atoms with Crippen LogP contribution in [0, 0.1) is 13.8 Å². The Bertz CT molecular complexity index is 3120. The van der Waals surface area contributed by atoms with Gasteiger partial charge < -0.3 is 44.9 Å². The van der Waals surface area contributed by atoms with Gasteiger partial charge in [-0.25, -0.2) is 15.0 Å². The highest BCUT2D eigenvalue weighted by Gasteiger charge is 2.24. The van der Waals surface area contributed by atoms with Gasteiger partial charge in [-0.3, -0.25) is 33.3 Å². The number of nitrogens with zero attached hydrogens (tertiary/aromatic N) is 9. The Balaban J connectivity index is 1.28. The van der Waals surface area contributed by atoms with E-state index in [-0.39, 0.29) is 68.3 Å². The lowest BCUT2D eigenvalue weighted by atomic mass is 10.1. The first-order chi connectivity index (χ1) is 33.7. The van der Waals surface area contributed by atoms with Crippen molar-refractivity contribution >= 4 is 62.4 Å². The Hall–Kier alpha value is -7.94. The maximum absolute atomic E-state index is 14.0. The molecule has 0 atom stereocenters. The van der Waals surface area contributed by atoms with E-state index in [1.54, 1.807) is 48.3 Å². The molecule has 0 radical (unpaired) electrons. The number of amides is 3. The Morgan fingerprint density at radius 3 is 2.07 bits per heavy atom. The minimum atomic E-state index is -0.698. The van der Waals surface area contributed by atoms with Gasteiger partial charge in [-0.1, -0.05) is 12.2 Å². The van der Waals surface area contributed by atoms with Gasteiger partial charge in [0.25, 0.3) is 0 Å². The minimum Gasteiger partial charge on any atom is -0.491 e. The van der Waals surface area contributed by atoms with Crippen molar-refractivity contribution in [3.8, 4) is 23.0 Å². The van der Waals surface area contributed by atoms with Crippen LogP contribution in [0.1, 0.15) is 87.9 Å². The number of aryl methyl sites for hydroxylation is 4. The maximum Gasteiger partial charge on any atom is 0.306 e. The van der Waals surface area contributed by atoms with Gasteiger partial charge in [-0.05, 0) is 70.5 Å². The zero-order chi connectivity index (χ0) is 50.1. The standard InChI is InChI=1S/C49H58N12O9/c1-7-60-36(21-29(3)56-60)38(62)27-41-54-35-24-32(47(51)66)26-40(69-19-11-15-52-42(63)13-14-43(64)68-6)45(35)58(41)16-9-10-17-59-44-33(23-31(46(50)65)25-39(44)70-20-12-18-67-5)34-28-53-48(55-49(34)59)37-22-30(4)57-61(37)8-2/h9-10,21-26,28H,7-8,11-20,27H2,1-6H3,(H2,50,65)(H2,51,66)(H,52,63)/b10-9+. The predicted molar refractivity (Wildman–Crippen MR) is 260 cm³/mol. The second kappa shape index (κ2) is 22.4. The number of ether oxygens (including phenoxy) is 4. The highest BCUT2D eigenvalue weighted by Crippen LogP contribution is 2.37. The zero-order valence-electron chi connectivity index (χ0n) is 40.2. The number of carbonyl (C=O) groups is 5. The van der Waals surface area contributed by atoms with Crippen LogP contribution in [0.5, 0.6) is 11.5 Å². The van der Waals surface area contributed by atoms with E-state index in [2.05, 4.69) is 20.3 Å². The largest absolute Gasteiger partial charge is 0.491 e. The summed E-state index contributed by atoms with van der Waals surface area (Å²) in [5.74, 6) is -0.727. The van der Waals surface area contributed by atoms with Crippen LogP contribution in [0.25, 0.3) is 44.5 Å². The fraction of sp³-hybridized carbons (Fsp3) is 0.388.